The number of sulfonamides is 1. The fourth-order valence-electron chi connectivity index (χ4n) is 3.38. The highest BCUT2D eigenvalue weighted by molar-refractivity contribution is 7.92. The van der Waals surface area contributed by atoms with Crippen LogP contribution in [0.2, 0.25) is 5.02 Å². The van der Waals surface area contributed by atoms with Crippen molar-refractivity contribution in [3.63, 3.8) is 0 Å². The van der Waals surface area contributed by atoms with Gasteiger partial charge in [0, 0.05) is 24.2 Å². The molecule has 0 saturated carbocycles. The SMILES string of the molecule is CCNC(=O)C(CC)N(Cc1ccc(Cl)cc1)C(=O)CN(c1cccc(OC)c1)S(C)(=O)=O. The summed E-state index contributed by atoms with van der Waals surface area (Å²) in [6.45, 7) is 3.68. The first-order valence-corrected chi connectivity index (χ1v) is 12.8. The van der Waals surface area contributed by atoms with Gasteiger partial charge in [-0.2, -0.15) is 0 Å². The van der Waals surface area contributed by atoms with Crippen molar-refractivity contribution in [3.8, 4) is 5.75 Å². The third-order valence-electron chi connectivity index (χ3n) is 5.02. The molecule has 0 aromatic heterocycles. The second-order valence-electron chi connectivity index (χ2n) is 7.44. The number of carbonyl (C=O) groups excluding carboxylic acids is 2. The molecule has 0 saturated heterocycles. The number of halogens is 1. The molecule has 33 heavy (non-hydrogen) atoms. The van der Waals surface area contributed by atoms with Gasteiger partial charge in [0.15, 0.2) is 0 Å². The zero-order valence-corrected chi connectivity index (χ0v) is 20.8. The third kappa shape index (κ3) is 7.36. The normalized spacial score (nSPS) is 12.0. The Kier molecular flexibility index (Phi) is 9.55. The zero-order chi connectivity index (χ0) is 24.6. The lowest BCUT2D eigenvalue weighted by molar-refractivity contribution is -0.140. The summed E-state index contributed by atoms with van der Waals surface area (Å²) >= 11 is 5.98. The van der Waals surface area contributed by atoms with Gasteiger partial charge in [-0.25, -0.2) is 8.42 Å². The summed E-state index contributed by atoms with van der Waals surface area (Å²) < 4.78 is 31.4. The minimum atomic E-state index is -3.80. The molecule has 0 aliphatic heterocycles. The van der Waals surface area contributed by atoms with Crippen molar-refractivity contribution < 1.29 is 22.7 Å². The Hall–Kier alpha value is -2.78. The number of nitrogens with one attached hydrogen (secondary N) is 1. The highest BCUT2D eigenvalue weighted by atomic mass is 35.5. The Labute approximate surface area is 200 Å². The van der Waals surface area contributed by atoms with E-state index in [0.29, 0.717) is 29.4 Å². The predicted molar refractivity (Wildman–Crippen MR) is 130 cm³/mol. The largest absolute Gasteiger partial charge is 0.497 e. The summed E-state index contributed by atoms with van der Waals surface area (Å²) in [6, 6.07) is 12.6. The standard InChI is InChI=1S/C23H30ClN3O5S/c1-5-21(23(29)25-6-2)26(15-17-10-12-18(24)13-11-17)22(28)16-27(33(4,30)31)19-8-7-9-20(14-19)32-3/h7-14,21H,5-6,15-16H2,1-4H3,(H,25,29). The van der Waals surface area contributed by atoms with Gasteiger partial charge in [-0.1, -0.05) is 36.7 Å². The monoisotopic (exact) mass is 495 g/mol. The molecular formula is C23H30ClN3O5S. The average molecular weight is 496 g/mol. The minimum Gasteiger partial charge on any atom is -0.497 e. The van der Waals surface area contributed by atoms with Crippen molar-refractivity contribution >= 4 is 39.1 Å². The average Bonchev–Trinajstić information content (AvgIpc) is 2.78. The summed E-state index contributed by atoms with van der Waals surface area (Å²) in [6.07, 6.45) is 1.40. The van der Waals surface area contributed by atoms with Gasteiger partial charge in [0.2, 0.25) is 21.8 Å². The van der Waals surface area contributed by atoms with Gasteiger partial charge in [0.25, 0.3) is 0 Å². The van der Waals surface area contributed by atoms with Crippen LogP contribution in [-0.4, -0.2) is 57.6 Å². The van der Waals surface area contributed by atoms with Crippen molar-refractivity contribution in [3.05, 3.63) is 59.1 Å². The van der Waals surface area contributed by atoms with Gasteiger partial charge in [-0.15, -0.1) is 0 Å². The summed E-state index contributed by atoms with van der Waals surface area (Å²) in [5.74, 6) is -0.341. The number of hydrogen-bond acceptors (Lipinski definition) is 5. The van der Waals surface area contributed by atoms with Crippen LogP contribution in [0.3, 0.4) is 0 Å². The fourth-order valence-corrected chi connectivity index (χ4v) is 4.34. The van der Waals surface area contributed by atoms with E-state index in [1.54, 1.807) is 62.4 Å². The predicted octanol–water partition coefficient (Wildman–Crippen LogP) is 3.06. The number of ether oxygens (including phenoxy) is 1. The molecule has 0 radical (unpaired) electrons. The number of carbonyl (C=O) groups is 2. The van der Waals surface area contributed by atoms with E-state index < -0.39 is 28.5 Å². The topological polar surface area (TPSA) is 96.0 Å². The van der Waals surface area contributed by atoms with Gasteiger partial charge in [0.1, 0.15) is 18.3 Å². The van der Waals surface area contributed by atoms with Gasteiger partial charge in [-0.05, 0) is 43.2 Å². The van der Waals surface area contributed by atoms with Gasteiger partial charge in [-0.3, -0.25) is 13.9 Å². The zero-order valence-electron chi connectivity index (χ0n) is 19.2. The maximum absolute atomic E-state index is 13.5. The molecular weight excluding hydrogens is 466 g/mol. The summed E-state index contributed by atoms with van der Waals surface area (Å²) in [5, 5.41) is 3.30. The lowest BCUT2D eigenvalue weighted by Crippen LogP contribution is -2.52. The fraction of sp³-hybridized carbons (Fsp3) is 0.391. The molecule has 0 aliphatic carbocycles. The molecule has 0 bridgehead atoms. The Balaban J connectivity index is 2.43. The summed E-state index contributed by atoms with van der Waals surface area (Å²) in [7, 11) is -2.33. The van der Waals surface area contributed by atoms with Gasteiger partial charge < -0.3 is 15.0 Å². The molecule has 8 nitrogen and oxygen atoms in total. The second-order valence-corrected chi connectivity index (χ2v) is 9.78. The Morgan fingerprint density at radius 3 is 2.33 bits per heavy atom. The Bertz CT molecular complexity index is 1060. The number of nitrogens with zero attached hydrogens (tertiary/aromatic N) is 2. The van der Waals surface area contributed by atoms with Crippen LogP contribution >= 0.6 is 11.6 Å². The van der Waals surface area contributed by atoms with Crippen LogP contribution in [0.1, 0.15) is 25.8 Å². The van der Waals surface area contributed by atoms with Crippen LogP contribution in [0.4, 0.5) is 5.69 Å². The molecule has 1 unspecified atom stereocenters. The Morgan fingerprint density at radius 2 is 1.79 bits per heavy atom. The van der Waals surface area contributed by atoms with Crippen molar-refractivity contribution in [2.75, 3.05) is 30.8 Å². The quantitative estimate of drug-likeness (QED) is 0.517. The highest BCUT2D eigenvalue weighted by Gasteiger charge is 2.31. The van der Waals surface area contributed by atoms with E-state index in [9.17, 15) is 18.0 Å². The van der Waals surface area contributed by atoms with Crippen LogP contribution in [-0.2, 0) is 26.2 Å². The van der Waals surface area contributed by atoms with Gasteiger partial charge in [0.05, 0.1) is 19.1 Å². The Morgan fingerprint density at radius 1 is 1.12 bits per heavy atom. The molecule has 1 atom stereocenters. The lowest BCUT2D eigenvalue weighted by atomic mass is 10.1. The van der Waals surface area contributed by atoms with E-state index in [-0.39, 0.29) is 12.5 Å². The van der Waals surface area contributed by atoms with Gasteiger partial charge >= 0.3 is 0 Å². The first kappa shape index (κ1) is 26.5. The number of benzene rings is 2. The molecule has 0 aliphatic rings. The molecule has 0 fully saturated rings. The van der Waals surface area contributed by atoms with Crippen LogP contribution < -0.4 is 14.4 Å². The summed E-state index contributed by atoms with van der Waals surface area (Å²) in [4.78, 5) is 27.6. The van der Waals surface area contributed by atoms with E-state index in [0.717, 1.165) is 16.1 Å². The lowest BCUT2D eigenvalue weighted by Gasteiger charge is -2.32. The molecule has 0 spiro atoms. The van der Waals surface area contributed by atoms with E-state index in [1.165, 1.54) is 12.0 Å². The maximum Gasteiger partial charge on any atom is 0.244 e. The van der Waals surface area contributed by atoms with Crippen molar-refractivity contribution in [1.29, 1.82) is 0 Å². The number of methoxy groups -OCH3 is 1. The number of hydrogen-bond donors (Lipinski definition) is 1. The third-order valence-corrected chi connectivity index (χ3v) is 6.42. The molecule has 180 valence electrons. The molecule has 2 rings (SSSR count). The number of amides is 2. The van der Waals surface area contributed by atoms with Crippen molar-refractivity contribution in [1.82, 2.24) is 10.2 Å². The second kappa shape index (κ2) is 11.9. The maximum atomic E-state index is 13.5. The number of anilines is 1. The van der Waals surface area contributed by atoms with E-state index in [4.69, 9.17) is 16.3 Å². The van der Waals surface area contributed by atoms with Crippen LogP contribution in [0.15, 0.2) is 48.5 Å². The van der Waals surface area contributed by atoms with E-state index in [2.05, 4.69) is 5.32 Å². The van der Waals surface area contributed by atoms with Crippen molar-refractivity contribution in [2.24, 2.45) is 0 Å². The molecule has 0 heterocycles. The summed E-state index contributed by atoms with van der Waals surface area (Å²) in [5.41, 5.74) is 1.06. The van der Waals surface area contributed by atoms with E-state index in [1.807, 2.05) is 0 Å². The smallest absolute Gasteiger partial charge is 0.244 e. The van der Waals surface area contributed by atoms with Crippen LogP contribution in [0.5, 0.6) is 5.75 Å². The van der Waals surface area contributed by atoms with Crippen molar-refractivity contribution in [2.45, 2.75) is 32.9 Å². The first-order valence-electron chi connectivity index (χ1n) is 10.5. The molecule has 10 heteroatoms. The minimum absolute atomic E-state index is 0.126. The van der Waals surface area contributed by atoms with E-state index >= 15 is 0 Å². The molecule has 2 aromatic carbocycles. The van der Waals surface area contributed by atoms with Crippen LogP contribution in [0.25, 0.3) is 0 Å². The number of likely N-dealkylation sites (N-methyl/N-ethyl adjacent to an activating group) is 1. The molecule has 1 N–H and O–H groups in total. The first-order chi connectivity index (χ1) is 15.6. The molecule has 2 aromatic rings. The van der Waals surface area contributed by atoms with Crippen LogP contribution in [0, 0.1) is 0 Å². The number of rotatable bonds is 11. The molecule has 2 amide bonds. The highest BCUT2D eigenvalue weighted by Crippen LogP contribution is 2.24.